The molecule has 0 N–H and O–H groups in total. The minimum atomic E-state index is -1.72. The Balaban J connectivity index is 4.02. The minimum absolute atomic E-state index is 0.147. The summed E-state index contributed by atoms with van der Waals surface area (Å²) < 4.78 is 15.2. The Bertz CT molecular complexity index is 225. The van der Waals surface area contributed by atoms with E-state index < -0.39 is 23.4 Å². The molecule has 0 saturated carbocycles. The second-order valence-corrected chi connectivity index (χ2v) is 5.85. The monoisotopic (exact) mass is 251 g/mol. The van der Waals surface area contributed by atoms with Gasteiger partial charge in [0.1, 0.15) is 0 Å². The van der Waals surface area contributed by atoms with Crippen molar-refractivity contribution in [2.75, 3.05) is 5.54 Å². The van der Waals surface area contributed by atoms with Gasteiger partial charge >= 0.3 is 86.8 Å². The zero-order valence-electron chi connectivity index (χ0n) is 7.63. The van der Waals surface area contributed by atoms with Crippen LogP contribution >= 0.6 is 11.6 Å². The fourth-order valence-electron chi connectivity index (χ4n) is 0.382. The van der Waals surface area contributed by atoms with E-state index in [9.17, 15) is 8.66 Å². The SMILES string of the molecule is C=CC(=O)O[CH2][Co](=[O])[C](C)(Cl)CC. The van der Waals surface area contributed by atoms with Crippen molar-refractivity contribution in [1.29, 1.82) is 0 Å². The van der Waals surface area contributed by atoms with Crippen LogP contribution in [0.5, 0.6) is 0 Å². The number of carbonyl (C=O) groups excluding carboxylic acids is 1. The van der Waals surface area contributed by atoms with Gasteiger partial charge in [-0.25, -0.2) is 0 Å². The molecule has 0 heterocycles. The van der Waals surface area contributed by atoms with Gasteiger partial charge in [0.15, 0.2) is 0 Å². The van der Waals surface area contributed by atoms with Crippen molar-refractivity contribution in [3.8, 4) is 0 Å². The van der Waals surface area contributed by atoms with E-state index >= 15 is 0 Å². The van der Waals surface area contributed by atoms with Crippen LogP contribution in [-0.4, -0.2) is 15.3 Å². The molecule has 79 valence electrons. The quantitative estimate of drug-likeness (QED) is 0.426. The molecule has 0 aliphatic carbocycles. The molecular formula is C8H13ClCoO3. The van der Waals surface area contributed by atoms with Crippen LogP contribution < -0.4 is 0 Å². The molecule has 0 aliphatic heterocycles. The van der Waals surface area contributed by atoms with E-state index in [4.69, 9.17) is 11.6 Å². The Morgan fingerprint density at radius 3 is 2.69 bits per heavy atom. The first kappa shape index (κ1) is 12.8. The van der Waals surface area contributed by atoms with Crippen molar-refractivity contribution in [1.82, 2.24) is 0 Å². The predicted molar refractivity (Wildman–Crippen MR) is 46.4 cm³/mol. The van der Waals surface area contributed by atoms with E-state index in [1.807, 2.05) is 6.92 Å². The molecule has 3 nitrogen and oxygen atoms in total. The predicted octanol–water partition coefficient (Wildman–Crippen LogP) is 2.00. The van der Waals surface area contributed by atoms with Gasteiger partial charge in [-0.2, -0.15) is 0 Å². The molecule has 0 saturated heterocycles. The molecule has 1 unspecified atom stereocenters. The zero-order chi connectivity index (χ0) is 10.5. The van der Waals surface area contributed by atoms with Crippen molar-refractivity contribution in [2.24, 2.45) is 0 Å². The number of ether oxygens (including phenoxy) is 1. The van der Waals surface area contributed by atoms with E-state index in [1.54, 1.807) is 6.92 Å². The molecule has 0 bridgehead atoms. The summed E-state index contributed by atoms with van der Waals surface area (Å²) >= 11 is 4.18. The number of rotatable bonds is 5. The summed E-state index contributed by atoms with van der Waals surface area (Å²) in [5, 5.41) is 0. The molecule has 0 aliphatic rings. The summed E-state index contributed by atoms with van der Waals surface area (Å²) in [6.45, 7) is 6.71. The molecular weight excluding hydrogens is 238 g/mol. The van der Waals surface area contributed by atoms with Crippen LogP contribution in [0.25, 0.3) is 0 Å². The fraction of sp³-hybridized carbons (Fsp3) is 0.625. The van der Waals surface area contributed by atoms with Gasteiger partial charge in [-0.15, -0.1) is 0 Å². The molecule has 0 aromatic carbocycles. The first-order chi connectivity index (χ1) is 5.94. The van der Waals surface area contributed by atoms with Crippen molar-refractivity contribution in [3.63, 3.8) is 0 Å². The van der Waals surface area contributed by atoms with Gasteiger partial charge in [0.25, 0.3) is 0 Å². The van der Waals surface area contributed by atoms with Crippen molar-refractivity contribution in [2.45, 2.75) is 24.1 Å². The fourth-order valence-corrected chi connectivity index (χ4v) is 1.54. The van der Waals surface area contributed by atoms with Gasteiger partial charge in [0.05, 0.1) is 0 Å². The molecule has 0 fully saturated rings. The maximum absolute atomic E-state index is 11.4. The van der Waals surface area contributed by atoms with E-state index in [0.29, 0.717) is 6.42 Å². The maximum atomic E-state index is 11.4. The summed E-state index contributed by atoms with van der Waals surface area (Å²) in [5.41, 5.74) is -0.147. The summed E-state index contributed by atoms with van der Waals surface area (Å²) in [7, 11) is 0. The van der Waals surface area contributed by atoms with E-state index in [0.717, 1.165) is 6.08 Å². The summed E-state index contributed by atoms with van der Waals surface area (Å²) in [4.78, 5) is 10.6. The summed E-state index contributed by atoms with van der Waals surface area (Å²) in [6, 6.07) is 0. The molecule has 0 spiro atoms. The zero-order valence-corrected chi connectivity index (χ0v) is 9.43. The molecule has 0 aromatic heterocycles. The second kappa shape index (κ2) is 5.52. The summed E-state index contributed by atoms with van der Waals surface area (Å²) in [6.07, 6.45) is 1.59. The first-order valence-corrected chi connectivity index (χ1v) is 5.74. The van der Waals surface area contributed by atoms with Crippen LogP contribution in [-0.2, 0) is 27.0 Å². The number of esters is 1. The third-order valence-corrected chi connectivity index (χ3v) is 4.29. The van der Waals surface area contributed by atoms with Crippen LogP contribution in [0, 0.1) is 0 Å². The Morgan fingerprint density at radius 1 is 1.77 bits per heavy atom. The van der Waals surface area contributed by atoms with E-state index in [1.165, 1.54) is 0 Å². The molecule has 0 aromatic rings. The van der Waals surface area contributed by atoms with E-state index in [2.05, 4.69) is 11.3 Å². The summed E-state index contributed by atoms with van der Waals surface area (Å²) in [5.74, 6) is -0.578. The number of alkyl halides is 1. The van der Waals surface area contributed by atoms with E-state index in [-0.39, 0.29) is 5.54 Å². The van der Waals surface area contributed by atoms with Gasteiger partial charge in [-0.3, -0.25) is 0 Å². The molecule has 1 atom stereocenters. The van der Waals surface area contributed by atoms with Crippen LogP contribution in [0.15, 0.2) is 12.7 Å². The number of hydrogen-bond acceptors (Lipinski definition) is 3. The van der Waals surface area contributed by atoms with Crippen LogP contribution in [0.1, 0.15) is 20.3 Å². The van der Waals surface area contributed by atoms with Gasteiger partial charge < -0.3 is 0 Å². The average molecular weight is 252 g/mol. The average Bonchev–Trinajstić information content (AvgIpc) is 2.13. The third-order valence-electron chi connectivity index (χ3n) is 1.44. The Morgan fingerprint density at radius 2 is 2.31 bits per heavy atom. The van der Waals surface area contributed by atoms with Crippen LogP contribution in [0.2, 0.25) is 0 Å². The van der Waals surface area contributed by atoms with Gasteiger partial charge in [0, 0.05) is 0 Å². The van der Waals surface area contributed by atoms with Gasteiger partial charge in [-0.05, 0) is 0 Å². The van der Waals surface area contributed by atoms with Crippen molar-refractivity contribution in [3.05, 3.63) is 12.7 Å². The Hall–Kier alpha value is -0.194. The van der Waals surface area contributed by atoms with Gasteiger partial charge in [0.2, 0.25) is 0 Å². The standard InChI is InChI=1S/C4H8Cl.C4H5O2.Co.O/c1-3-4(2)5;1-3-4(5)6-2;;/h3H2,1-2H3;3H,1-2H2;;. The van der Waals surface area contributed by atoms with Crippen molar-refractivity contribution < 1.29 is 27.0 Å². The molecule has 0 radical (unpaired) electrons. The van der Waals surface area contributed by atoms with Crippen molar-refractivity contribution >= 4 is 17.6 Å². The van der Waals surface area contributed by atoms with Crippen LogP contribution in [0.4, 0.5) is 0 Å². The molecule has 0 amide bonds. The molecule has 13 heavy (non-hydrogen) atoms. The molecule has 0 rings (SSSR count). The second-order valence-electron chi connectivity index (χ2n) is 2.42. The number of carbonyl (C=O) groups is 1. The first-order valence-electron chi connectivity index (χ1n) is 3.68. The van der Waals surface area contributed by atoms with Crippen LogP contribution in [0.3, 0.4) is 0 Å². The normalized spacial score (nSPS) is 15.8. The van der Waals surface area contributed by atoms with Gasteiger partial charge in [-0.1, -0.05) is 0 Å². The molecule has 5 heteroatoms. The number of hydrogen-bond donors (Lipinski definition) is 0. The third kappa shape index (κ3) is 4.54. The Kier molecular flexibility index (Phi) is 5.44. The number of halogens is 1. The Labute approximate surface area is 87.0 Å². The topological polar surface area (TPSA) is 43.4 Å².